The van der Waals surface area contributed by atoms with Crippen LogP contribution in [0.5, 0.6) is 0 Å². The van der Waals surface area contributed by atoms with Gasteiger partial charge in [0.1, 0.15) is 0 Å². The lowest BCUT2D eigenvalue weighted by molar-refractivity contribution is -0.125. The lowest BCUT2D eigenvalue weighted by Crippen LogP contribution is -2.71. The summed E-state index contributed by atoms with van der Waals surface area (Å²) in [5.74, 6) is 0. The molecule has 3 heteroatoms. The van der Waals surface area contributed by atoms with Crippen molar-refractivity contribution in [3.05, 3.63) is 0 Å². The van der Waals surface area contributed by atoms with E-state index in [9.17, 15) is 5.11 Å². The molecule has 22 heavy (non-hydrogen) atoms. The number of aliphatic hydroxyl groups excluding tert-OH is 1. The van der Waals surface area contributed by atoms with E-state index < -0.39 is 0 Å². The zero-order valence-electron chi connectivity index (χ0n) is 15.6. The lowest BCUT2D eigenvalue weighted by atomic mass is 9.71. The lowest BCUT2D eigenvalue weighted by Gasteiger charge is -2.60. The molecule has 2 rings (SSSR count). The second-order valence-corrected chi connectivity index (χ2v) is 8.53. The van der Waals surface area contributed by atoms with Crippen LogP contribution >= 0.6 is 0 Å². The van der Waals surface area contributed by atoms with E-state index in [-0.39, 0.29) is 17.2 Å². The van der Waals surface area contributed by atoms with Crippen molar-refractivity contribution in [2.45, 2.75) is 103 Å². The molecule has 3 nitrogen and oxygen atoms in total. The quantitative estimate of drug-likeness (QED) is 0.839. The van der Waals surface area contributed by atoms with Crippen LogP contribution < -0.4 is 0 Å². The summed E-state index contributed by atoms with van der Waals surface area (Å²) in [5.41, 5.74) is 0.356. The number of aliphatic hydroxyl groups is 1. The molecule has 2 atom stereocenters. The molecule has 0 bridgehead atoms. The van der Waals surface area contributed by atoms with Gasteiger partial charge < -0.3 is 5.11 Å². The minimum Gasteiger partial charge on any atom is -0.392 e. The summed E-state index contributed by atoms with van der Waals surface area (Å²) in [6, 6.07) is 0.526. The summed E-state index contributed by atoms with van der Waals surface area (Å²) in [6.07, 6.45) is 8.42. The molecule has 0 aromatic heterocycles. The van der Waals surface area contributed by atoms with E-state index in [1.54, 1.807) is 0 Å². The molecule has 2 fully saturated rings. The number of piperidine rings is 1. The molecule has 2 heterocycles. The second-order valence-electron chi connectivity index (χ2n) is 8.53. The predicted octanol–water partition coefficient (Wildman–Crippen LogP) is 3.65. The summed E-state index contributed by atoms with van der Waals surface area (Å²) in [4.78, 5) is 5.37. The van der Waals surface area contributed by atoms with Crippen LogP contribution in [-0.4, -0.2) is 57.8 Å². The number of rotatable bonds is 5. The van der Waals surface area contributed by atoms with Gasteiger partial charge in [0.05, 0.1) is 6.10 Å². The highest BCUT2D eigenvalue weighted by molar-refractivity contribution is 5.09. The smallest absolute Gasteiger partial charge is 0.0683 e. The van der Waals surface area contributed by atoms with Crippen molar-refractivity contribution >= 4 is 0 Å². The summed E-state index contributed by atoms with van der Waals surface area (Å²) < 4.78 is 0. The molecule has 1 N–H and O–H groups in total. The van der Waals surface area contributed by atoms with Crippen LogP contribution in [0.25, 0.3) is 0 Å². The van der Waals surface area contributed by atoms with Gasteiger partial charge in [-0.05, 0) is 66.0 Å². The van der Waals surface area contributed by atoms with Crippen LogP contribution in [-0.2, 0) is 0 Å². The first-order valence-corrected chi connectivity index (χ1v) is 9.55. The van der Waals surface area contributed by atoms with E-state index in [1.165, 1.54) is 51.6 Å². The van der Waals surface area contributed by atoms with E-state index in [0.29, 0.717) is 6.04 Å². The number of nitrogens with zero attached hydrogens (tertiary/aromatic N) is 2. The van der Waals surface area contributed by atoms with E-state index in [0.717, 1.165) is 13.0 Å². The zero-order valence-corrected chi connectivity index (χ0v) is 15.6. The molecule has 0 aromatic rings. The van der Waals surface area contributed by atoms with Crippen LogP contribution in [0.3, 0.4) is 0 Å². The Morgan fingerprint density at radius 3 is 2.05 bits per heavy atom. The summed E-state index contributed by atoms with van der Waals surface area (Å²) in [5, 5.41) is 10.6. The minimum atomic E-state index is -0.174. The van der Waals surface area contributed by atoms with Crippen LogP contribution in [0, 0.1) is 0 Å². The number of likely N-dealkylation sites (tertiary alicyclic amines) is 2. The van der Waals surface area contributed by atoms with Gasteiger partial charge in [-0.15, -0.1) is 0 Å². The van der Waals surface area contributed by atoms with Crippen molar-refractivity contribution in [3.63, 3.8) is 0 Å². The fourth-order valence-electron chi connectivity index (χ4n) is 5.20. The Balaban J connectivity index is 2.41. The van der Waals surface area contributed by atoms with E-state index in [2.05, 4.69) is 44.4 Å². The minimum absolute atomic E-state index is 0.115. The number of hydrogen-bond donors (Lipinski definition) is 1. The third-order valence-electron chi connectivity index (χ3n) is 5.80. The predicted molar refractivity (Wildman–Crippen MR) is 94.2 cm³/mol. The van der Waals surface area contributed by atoms with Gasteiger partial charge in [0.2, 0.25) is 0 Å². The Hall–Kier alpha value is -0.120. The molecular formula is C19H38N2O. The molecule has 0 aliphatic carbocycles. The maximum Gasteiger partial charge on any atom is 0.0683 e. The van der Waals surface area contributed by atoms with Gasteiger partial charge in [-0.3, -0.25) is 9.80 Å². The SMILES string of the molecule is CCCC1(CCC)C(N2CCCC2)CC(O)CN1C(C)(C)C. The van der Waals surface area contributed by atoms with Crippen LogP contribution in [0.15, 0.2) is 0 Å². The summed E-state index contributed by atoms with van der Waals surface area (Å²) in [6.45, 7) is 14.9. The molecule has 0 radical (unpaired) electrons. The maximum atomic E-state index is 10.6. The third-order valence-corrected chi connectivity index (χ3v) is 5.80. The van der Waals surface area contributed by atoms with Gasteiger partial charge >= 0.3 is 0 Å². The molecular weight excluding hydrogens is 272 g/mol. The third kappa shape index (κ3) is 3.52. The number of hydrogen-bond acceptors (Lipinski definition) is 3. The van der Waals surface area contributed by atoms with Gasteiger partial charge in [0.15, 0.2) is 0 Å². The van der Waals surface area contributed by atoms with Gasteiger partial charge in [-0.1, -0.05) is 26.7 Å². The molecule has 0 aromatic carbocycles. The van der Waals surface area contributed by atoms with E-state index in [4.69, 9.17) is 0 Å². The Kier molecular flexibility index (Phi) is 5.95. The average molecular weight is 311 g/mol. The normalized spacial score (nSPS) is 30.8. The molecule has 2 aliphatic rings. The van der Waals surface area contributed by atoms with Gasteiger partial charge in [-0.2, -0.15) is 0 Å². The van der Waals surface area contributed by atoms with Crippen molar-refractivity contribution in [2.75, 3.05) is 19.6 Å². The van der Waals surface area contributed by atoms with Crippen molar-refractivity contribution in [1.82, 2.24) is 9.80 Å². The highest BCUT2D eigenvalue weighted by Gasteiger charge is 2.52. The van der Waals surface area contributed by atoms with E-state index in [1.807, 2.05) is 0 Å². The first-order valence-electron chi connectivity index (χ1n) is 9.55. The first kappa shape index (κ1) is 18.2. The van der Waals surface area contributed by atoms with Gasteiger partial charge in [0, 0.05) is 23.7 Å². The Bertz CT molecular complexity index is 338. The zero-order chi connectivity index (χ0) is 16.4. The van der Waals surface area contributed by atoms with Crippen LogP contribution in [0.2, 0.25) is 0 Å². The van der Waals surface area contributed by atoms with Crippen molar-refractivity contribution in [1.29, 1.82) is 0 Å². The molecule has 0 spiro atoms. The second kappa shape index (κ2) is 7.19. The fraction of sp³-hybridized carbons (Fsp3) is 1.00. The molecule has 130 valence electrons. The standard InChI is InChI=1S/C19H38N2O/c1-6-10-19(11-7-2)17(20-12-8-9-13-20)14-16(22)15-21(19)18(3,4)5/h16-17,22H,6-15H2,1-5H3. The fourth-order valence-corrected chi connectivity index (χ4v) is 5.20. The molecule has 2 aliphatic heterocycles. The van der Waals surface area contributed by atoms with Crippen LogP contribution in [0.1, 0.15) is 79.6 Å². The Morgan fingerprint density at radius 2 is 1.59 bits per heavy atom. The topological polar surface area (TPSA) is 26.7 Å². The number of β-amino-alcohol motifs (C(OH)–C–C–N with tert-alkyl or cyclic N) is 1. The summed E-state index contributed by atoms with van der Waals surface area (Å²) >= 11 is 0. The van der Waals surface area contributed by atoms with Crippen molar-refractivity contribution in [3.8, 4) is 0 Å². The largest absolute Gasteiger partial charge is 0.392 e. The molecule has 0 saturated carbocycles. The molecule has 2 unspecified atom stereocenters. The van der Waals surface area contributed by atoms with E-state index >= 15 is 0 Å². The van der Waals surface area contributed by atoms with Crippen molar-refractivity contribution in [2.24, 2.45) is 0 Å². The highest BCUT2D eigenvalue weighted by Crippen LogP contribution is 2.44. The molecule has 0 amide bonds. The molecule has 2 saturated heterocycles. The van der Waals surface area contributed by atoms with Crippen molar-refractivity contribution < 1.29 is 5.11 Å². The Morgan fingerprint density at radius 1 is 1.05 bits per heavy atom. The first-order chi connectivity index (χ1) is 10.3. The average Bonchev–Trinajstić information content (AvgIpc) is 2.94. The van der Waals surface area contributed by atoms with Gasteiger partial charge in [0.25, 0.3) is 0 Å². The highest BCUT2D eigenvalue weighted by atomic mass is 16.3. The Labute approximate surface area is 138 Å². The maximum absolute atomic E-state index is 10.6. The summed E-state index contributed by atoms with van der Waals surface area (Å²) in [7, 11) is 0. The van der Waals surface area contributed by atoms with Crippen LogP contribution in [0.4, 0.5) is 0 Å². The van der Waals surface area contributed by atoms with Gasteiger partial charge in [-0.25, -0.2) is 0 Å². The monoisotopic (exact) mass is 310 g/mol.